The summed E-state index contributed by atoms with van der Waals surface area (Å²) in [5.41, 5.74) is 1.27. The summed E-state index contributed by atoms with van der Waals surface area (Å²) in [6.07, 6.45) is 4.93. The summed E-state index contributed by atoms with van der Waals surface area (Å²) in [4.78, 5) is 0. The van der Waals surface area contributed by atoms with Crippen molar-refractivity contribution in [3.05, 3.63) is 54.4 Å². The van der Waals surface area contributed by atoms with Gasteiger partial charge >= 0.3 is 0 Å². The van der Waals surface area contributed by atoms with Gasteiger partial charge in [-0.15, -0.1) is 0 Å². The lowest BCUT2D eigenvalue weighted by atomic mass is 10.1. The second-order valence-electron chi connectivity index (χ2n) is 3.91. The van der Waals surface area contributed by atoms with Crippen molar-refractivity contribution in [2.45, 2.75) is 25.5 Å². The Labute approximate surface area is 95.3 Å². The van der Waals surface area contributed by atoms with Gasteiger partial charge in [0.15, 0.2) is 0 Å². The predicted molar refractivity (Wildman–Crippen MR) is 63.0 cm³/mol. The second-order valence-corrected chi connectivity index (χ2v) is 3.91. The van der Waals surface area contributed by atoms with Gasteiger partial charge in [-0.25, -0.2) is 0 Å². The van der Waals surface area contributed by atoms with Crippen molar-refractivity contribution in [1.29, 1.82) is 0 Å². The molecule has 3 nitrogen and oxygen atoms in total. The summed E-state index contributed by atoms with van der Waals surface area (Å²) >= 11 is 0. The van der Waals surface area contributed by atoms with E-state index in [4.69, 9.17) is 0 Å². The molecule has 1 aromatic heterocycles. The van der Waals surface area contributed by atoms with Gasteiger partial charge in [-0.3, -0.25) is 4.68 Å². The summed E-state index contributed by atoms with van der Waals surface area (Å²) in [6, 6.07) is 12.1. The van der Waals surface area contributed by atoms with Gasteiger partial charge in [-0.05, 0) is 24.5 Å². The second kappa shape index (κ2) is 5.47. The quantitative estimate of drug-likeness (QED) is 0.828. The van der Waals surface area contributed by atoms with Crippen molar-refractivity contribution >= 4 is 0 Å². The summed E-state index contributed by atoms with van der Waals surface area (Å²) in [5.74, 6) is 0. The van der Waals surface area contributed by atoms with Crippen molar-refractivity contribution in [1.82, 2.24) is 9.78 Å². The minimum absolute atomic E-state index is 0.333. The molecule has 0 saturated carbocycles. The van der Waals surface area contributed by atoms with Crippen LogP contribution in [-0.4, -0.2) is 21.0 Å². The molecule has 1 unspecified atom stereocenters. The fourth-order valence-electron chi connectivity index (χ4n) is 1.69. The molecule has 0 saturated heterocycles. The minimum Gasteiger partial charge on any atom is -0.391 e. The van der Waals surface area contributed by atoms with Gasteiger partial charge in [0.2, 0.25) is 0 Å². The van der Waals surface area contributed by atoms with E-state index in [1.54, 1.807) is 10.9 Å². The number of aliphatic hydroxyl groups excluding tert-OH is 1. The SMILES string of the molecule is OC(CCc1ccccc1)Cn1cccn1. The van der Waals surface area contributed by atoms with E-state index in [-0.39, 0.29) is 6.10 Å². The van der Waals surface area contributed by atoms with Gasteiger partial charge in [0.25, 0.3) is 0 Å². The summed E-state index contributed by atoms with van der Waals surface area (Å²) in [7, 11) is 0. The zero-order chi connectivity index (χ0) is 11.2. The first-order chi connectivity index (χ1) is 7.84. The zero-order valence-electron chi connectivity index (χ0n) is 9.16. The van der Waals surface area contributed by atoms with Crippen LogP contribution in [0.25, 0.3) is 0 Å². The molecular weight excluding hydrogens is 200 g/mol. The van der Waals surface area contributed by atoms with Gasteiger partial charge in [0, 0.05) is 12.4 Å². The monoisotopic (exact) mass is 216 g/mol. The minimum atomic E-state index is -0.333. The zero-order valence-corrected chi connectivity index (χ0v) is 9.16. The average Bonchev–Trinajstić information content (AvgIpc) is 2.81. The Hall–Kier alpha value is -1.61. The first kappa shape index (κ1) is 10.9. The number of hydrogen-bond donors (Lipinski definition) is 1. The fraction of sp³-hybridized carbons (Fsp3) is 0.308. The Balaban J connectivity index is 1.78. The molecule has 1 aromatic carbocycles. The molecule has 0 fully saturated rings. The third-order valence-corrected chi connectivity index (χ3v) is 2.57. The molecule has 3 heteroatoms. The molecule has 1 N–H and O–H groups in total. The van der Waals surface area contributed by atoms with Crippen LogP contribution in [0.4, 0.5) is 0 Å². The van der Waals surface area contributed by atoms with E-state index in [0.29, 0.717) is 6.54 Å². The van der Waals surface area contributed by atoms with Gasteiger partial charge in [-0.1, -0.05) is 30.3 Å². The maximum Gasteiger partial charge on any atom is 0.0739 e. The number of benzene rings is 1. The molecule has 2 aromatic rings. The van der Waals surface area contributed by atoms with Crippen molar-refractivity contribution in [3.63, 3.8) is 0 Å². The third kappa shape index (κ3) is 3.21. The molecule has 16 heavy (non-hydrogen) atoms. The number of aryl methyl sites for hydroxylation is 1. The van der Waals surface area contributed by atoms with Crippen LogP contribution in [0.2, 0.25) is 0 Å². The van der Waals surface area contributed by atoms with E-state index < -0.39 is 0 Å². The molecule has 84 valence electrons. The van der Waals surface area contributed by atoms with Crippen LogP contribution in [0.15, 0.2) is 48.8 Å². The standard InChI is InChI=1S/C13H16N2O/c16-13(11-15-10-4-9-14-15)8-7-12-5-2-1-3-6-12/h1-6,9-10,13,16H,7-8,11H2. The van der Waals surface area contributed by atoms with E-state index in [1.807, 2.05) is 30.5 Å². The van der Waals surface area contributed by atoms with E-state index >= 15 is 0 Å². The van der Waals surface area contributed by atoms with Crippen LogP contribution in [0.1, 0.15) is 12.0 Å². The Bertz CT molecular complexity index is 397. The molecule has 0 aliphatic carbocycles. The van der Waals surface area contributed by atoms with Crippen LogP contribution in [-0.2, 0) is 13.0 Å². The van der Waals surface area contributed by atoms with Crippen LogP contribution in [0, 0.1) is 0 Å². The van der Waals surface area contributed by atoms with E-state index in [2.05, 4.69) is 17.2 Å². The Morgan fingerprint density at radius 2 is 2.00 bits per heavy atom. The smallest absolute Gasteiger partial charge is 0.0739 e. The van der Waals surface area contributed by atoms with Gasteiger partial charge in [-0.2, -0.15) is 5.10 Å². The van der Waals surface area contributed by atoms with Crippen molar-refractivity contribution in [2.24, 2.45) is 0 Å². The number of nitrogens with zero attached hydrogens (tertiary/aromatic N) is 2. The predicted octanol–water partition coefficient (Wildman–Crippen LogP) is 1.88. The normalized spacial score (nSPS) is 12.6. The summed E-state index contributed by atoms with van der Waals surface area (Å²) in [5, 5.41) is 13.9. The third-order valence-electron chi connectivity index (χ3n) is 2.57. The Morgan fingerprint density at radius 3 is 2.69 bits per heavy atom. The van der Waals surface area contributed by atoms with Crippen molar-refractivity contribution in [2.75, 3.05) is 0 Å². The largest absolute Gasteiger partial charge is 0.391 e. The van der Waals surface area contributed by atoms with E-state index in [9.17, 15) is 5.11 Å². The van der Waals surface area contributed by atoms with E-state index in [0.717, 1.165) is 12.8 Å². The highest BCUT2D eigenvalue weighted by Crippen LogP contribution is 2.06. The number of aromatic nitrogens is 2. The molecule has 1 heterocycles. The molecule has 0 spiro atoms. The maximum atomic E-state index is 9.82. The van der Waals surface area contributed by atoms with Crippen molar-refractivity contribution in [3.8, 4) is 0 Å². The first-order valence-electron chi connectivity index (χ1n) is 5.54. The highest BCUT2D eigenvalue weighted by Gasteiger charge is 2.05. The van der Waals surface area contributed by atoms with Crippen LogP contribution in [0.5, 0.6) is 0 Å². The lowest BCUT2D eigenvalue weighted by molar-refractivity contribution is 0.140. The average molecular weight is 216 g/mol. The number of aliphatic hydroxyl groups is 1. The number of rotatable bonds is 5. The molecule has 2 rings (SSSR count). The molecule has 1 atom stereocenters. The molecule has 0 amide bonds. The fourth-order valence-corrected chi connectivity index (χ4v) is 1.69. The van der Waals surface area contributed by atoms with E-state index in [1.165, 1.54) is 5.56 Å². The molecule has 0 bridgehead atoms. The highest BCUT2D eigenvalue weighted by atomic mass is 16.3. The Kier molecular flexibility index (Phi) is 3.72. The topological polar surface area (TPSA) is 38.0 Å². The maximum absolute atomic E-state index is 9.82. The Morgan fingerprint density at radius 1 is 1.19 bits per heavy atom. The van der Waals surface area contributed by atoms with Gasteiger partial charge in [0.05, 0.1) is 12.6 Å². The lowest BCUT2D eigenvalue weighted by Gasteiger charge is -2.10. The molecule has 0 aliphatic heterocycles. The van der Waals surface area contributed by atoms with Crippen molar-refractivity contribution < 1.29 is 5.11 Å². The number of hydrogen-bond acceptors (Lipinski definition) is 2. The summed E-state index contributed by atoms with van der Waals surface area (Å²) < 4.78 is 1.76. The van der Waals surface area contributed by atoms with Crippen LogP contribution >= 0.6 is 0 Å². The van der Waals surface area contributed by atoms with Gasteiger partial charge < -0.3 is 5.11 Å². The highest BCUT2D eigenvalue weighted by molar-refractivity contribution is 5.14. The molecule has 0 aliphatic rings. The van der Waals surface area contributed by atoms with Crippen LogP contribution in [0.3, 0.4) is 0 Å². The lowest BCUT2D eigenvalue weighted by Crippen LogP contribution is -2.17. The van der Waals surface area contributed by atoms with Gasteiger partial charge in [0.1, 0.15) is 0 Å². The first-order valence-corrected chi connectivity index (χ1v) is 5.54. The van der Waals surface area contributed by atoms with Crippen LogP contribution < -0.4 is 0 Å². The molecule has 0 radical (unpaired) electrons. The molecular formula is C13H16N2O. The summed E-state index contributed by atoms with van der Waals surface area (Å²) in [6.45, 7) is 0.569.